The van der Waals surface area contributed by atoms with Gasteiger partial charge in [0.1, 0.15) is 12.4 Å². The van der Waals surface area contributed by atoms with Crippen molar-refractivity contribution < 1.29 is 9.47 Å². The molecule has 1 aromatic carbocycles. The lowest BCUT2D eigenvalue weighted by atomic mass is 10.1. The largest absolute Gasteiger partial charge is 0.491 e. The van der Waals surface area contributed by atoms with Crippen LogP contribution < -0.4 is 15.0 Å². The van der Waals surface area contributed by atoms with Crippen LogP contribution in [0.25, 0.3) is 5.57 Å². The highest BCUT2D eigenvalue weighted by molar-refractivity contribution is 6.08. The number of ether oxygens (including phenoxy) is 2. The van der Waals surface area contributed by atoms with Crippen molar-refractivity contribution in [1.82, 2.24) is 9.88 Å². The molecule has 1 aliphatic rings. The molecule has 1 aliphatic heterocycles. The third kappa shape index (κ3) is 5.81. The average molecular weight is 410 g/mol. The molecule has 1 saturated heterocycles. The first-order chi connectivity index (χ1) is 14.6. The zero-order valence-corrected chi connectivity index (χ0v) is 18.0. The average Bonchev–Trinajstić information content (AvgIpc) is 2.78. The fraction of sp³-hybridized carbons (Fsp3) is 0.391. The van der Waals surface area contributed by atoms with Crippen LogP contribution in [0.2, 0.25) is 0 Å². The summed E-state index contributed by atoms with van der Waals surface area (Å²) in [6.07, 6.45) is 6.77. The van der Waals surface area contributed by atoms with Crippen molar-refractivity contribution in [2.75, 3.05) is 63.8 Å². The van der Waals surface area contributed by atoms with Crippen molar-refractivity contribution in [2.45, 2.75) is 6.92 Å². The summed E-state index contributed by atoms with van der Waals surface area (Å²) in [6, 6.07) is 8.17. The van der Waals surface area contributed by atoms with Crippen LogP contribution in [-0.2, 0) is 4.74 Å². The Morgan fingerprint density at radius 3 is 2.83 bits per heavy atom. The number of anilines is 2. The summed E-state index contributed by atoms with van der Waals surface area (Å²) in [7, 11) is 3.89. The van der Waals surface area contributed by atoms with Crippen molar-refractivity contribution in [3.63, 3.8) is 0 Å². The third-order valence-electron chi connectivity index (χ3n) is 5.19. The highest BCUT2D eigenvalue weighted by Gasteiger charge is 2.11. The van der Waals surface area contributed by atoms with Gasteiger partial charge in [0, 0.05) is 74.9 Å². The van der Waals surface area contributed by atoms with E-state index in [4.69, 9.17) is 14.9 Å². The molecule has 3 rings (SSSR count). The second-order valence-electron chi connectivity index (χ2n) is 7.30. The van der Waals surface area contributed by atoms with Crippen LogP contribution in [0.4, 0.5) is 11.4 Å². The van der Waals surface area contributed by atoms with E-state index in [2.05, 4.69) is 40.3 Å². The lowest BCUT2D eigenvalue weighted by Gasteiger charge is -2.26. The predicted molar refractivity (Wildman–Crippen MR) is 123 cm³/mol. The second kappa shape index (κ2) is 10.8. The molecule has 7 heteroatoms. The van der Waals surface area contributed by atoms with Crippen LogP contribution in [0.1, 0.15) is 11.1 Å². The fourth-order valence-electron chi connectivity index (χ4n) is 3.39. The molecule has 0 spiro atoms. The van der Waals surface area contributed by atoms with Gasteiger partial charge in [-0.05, 0) is 30.7 Å². The van der Waals surface area contributed by atoms with E-state index in [9.17, 15) is 0 Å². The first-order valence-electron chi connectivity index (χ1n) is 10.2. The standard InChI is InChI=1S/C23H31N5O2/c1-18-4-5-21(25-2)13-23(18)27(3)17-20(14-24)19-12-22(16-26-15-19)30-11-8-28-6-9-29-10-7-28/h4-5,12-17,24-25H,6-11H2,1-3H3/b20-17+,24-14?. The number of morpholine rings is 1. The Bertz CT molecular complexity index is 878. The molecule has 0 atom stereocenters. The van der Waals surface area contributed by atoms with Crippen LogP contribution in [0, 0.1) is 12.3 Å². The lowest BCUT2D eigenvalue weighted by Crippen LogP contribution is -2.38. The monoisotopic (exact) mass is 409 g/mol. The van der Waals surface area contributed by atoms with Crippen molar-refractivity contribution in [3.8, 4) is 5.75 Å². The zero-order valence-electron chi connectivity index (χ0n) is 18.0. The summed E-state index contributed by atoms with van der Waals surface area (Å²) in [5, 5.41) is 11.1. The van der Waals surface area contributed by atoms with E-state index >= 15 is 0 Å². The second-order valence-corrected chi connectivity index (χ2v) is 7.30. The maximum absolute atomic E-state index is 7.91. The molecule has 2 N–H and O–H groups in total. The molecule has 1 fully saturated rings. The molecule has 0 amide bonds. The maximum atomic E-state index is 7.91. The molecule has 1 aromatic heterocycles. The van der Waals surface area contributed by atoms with Crippen LogP contribution in [-0.4, -0.2) is 69.6 Å². The van der Waals surface area contributed by atoms with Gasteiger partial charge >= 0.3 is 0 Å². The van der Waals surface area contributed by atoms with Gasteiger partial charge in [-0.25, -0.2) is 0 Å². The van der Waals surface area contributed by atoms with Crippen LogP contribution >= 0.6 is 0 Å². The normalized spacial score (nSPS) is 15.0. The van der Waals surface area contributed by atoms with Gasteiger partial charge in [-0.2, -0.15) is 0 Å². The zero-order chi connectivity index (χ0) is 21.3. The summed E-state index contributed by atoms with van der Waals surface area (Å²) in [5.74, 6) is 0.713. The minimum Gasteiger partial charge on any atom is -0.491 e. The Kier molecular flexibility index (Phi) is 7.82. The summed E-state index contributed by atoms with van der Waals surface area (Å²) in [6.45, 7) is 7.01. The Hall–Kier alpha value is -2.90. The number of benzene rings is 1. The highest BCUT2D eigenvalue weighted by atomic mass is 16.5. The number of aromatic nitrogens is 1. The molecular formula is C23H31N5O2. The van der Waals surface area contributed by atoms with E-state index < -0.39 is 0 Å². The van der Waals surface area contributed by atoms with E-state index in [0.29, 0.717) is 12.4 Å². The molecule has 0 saturated carbocycles. The third-order valence-corrected chi connectivity index (χ3v) is 5.19. The Morgan fingerprint density at radius 2 is 2.10 bits per heavy atom. The van der Waals surface area contributed by atoms with Gasteiger partial charge in [0.15, 0.2) is 0 Å². The van der Waals surface area contributed by atoms with E-state index in [0.717, 1.165) is 60.9 Å². The number of hydrogen-bond acceptors (Lipinski definition) is 7. The Morgan fingerprint density at radius 1 is 1.30 bits per heavy atom. The molecule has 0 radical (unpaired) electrons. The lowest BCUT2D eigenvalue weighted by molar-refractivity contribution is 0.0322. The Balaban J connectivity index is 1.69. The summed E-state index contributed by atoms with van der Waals surface area (Å²) >= 11 is 0. The highest BCUT2D eigenvalue weighted by Crippen LogP contribution is 2.25. The molecular weight excluding hydrogens is 378 g/mol. The number of hydrogen-bond donors (Lipinski definition) is 2. The minimum absolute atomic E-state index is 0.602. The minimum atomic E-state index is 0.602. The number of nitrogens with one attached hydrogen (secondary N) is 2. The maximum Gasteiger partial charge on any atom is 0.138 e. The van der Waals surface area contributed by atoms with Crippen molar-refractivity contribution in [1.29, 1.82) is 5.41 Å². The van der Waals surface area contributed by atoms with Crippen LogP contribution in [0.5, 0.6) is 5.75 Å². The van der Waals surface area contributed by atoms with Crippen LogP contribution in [0.3, 0.4) is 0 Å². The van der Waals surface area contributed by atoms with Crippen molar-refractivity contribution >= 4 is 23.2 Å². The molecule has 7 nitrogen and oxygen atoms in total. The molecule has 0 aliphatic carbocycles. The van der Waals surface area contributed by atoms with Crippen LogP contribution in [0.15, 0.2) is 42.9 Å². The predicted octanol–water partition coefficient (Wildman–Crippen LogP) is 3.27. The van der Waals surface area contributed by atoms with E-state index in [1.165, 1.54) is 6.21 Å². The molecule has 2 aromatic rings. The van der Waals surface area contributed by atoms with Gasteiger partial charge in [-0.15, -0.1) is 0 Å². The summed E-state index contributed by atoms with van der Waals surface area (Å²) < 4.78 is 11.3. The number of aryl methyl sites for hydroxylation is 1. The van der Waals surface area contributed by atoms with Crippen molar-refractivity contribution in [3.05, 3.63) is 54.0 Å². The van der Waals surface area contributed by atoms with Crippen molar-refractivity contribution in [2.24, 2.45) is 0 Å². The van der Waals surface area contributed by atoms with Gasteiger partial charge in [0.2, 0.25) is 0 Å². The van der Waals surface area contributed by atoms with E-state index in [-0.39, 0.29) is 0 Å². The quantitative estimate of drug-likeness (QED) is 0.620. The molecule has 0 unspecified atom stereocenters. The Labute approximate surface area is 178 Å². The molecule has 2 heterocycles. The SMILES string of the molecule is CNc1ccc(C)c(N(C)/C=C(\C=N)c2cncc(OCCN3CCOCC3)c2)c1. The molecule has 0 bridgehead atoms. The van der Waals surface area contributed by atoms with E-state index in [1.54, 1.807) is 12.4 Å². The fourth-order valence-corrected chi connectivity index (χ4v) is 3.39. The van der Waals surface area contributed by atoms with E-state index in [1.807, 2.05) is 31.3 Å². The summed E-state index contributed by atoms with van der Waals surface area (Å²) in [5.41, 5.74) is 4.90. The van der Waals surface area contributed by atoms with Gasteiger partial charge < -0.3 is 25.1 Å². The van der Waals surface area contributed by atoms with Gasteiger partial charge in [-0.1, -0.05) is 6.07 Å². The first kappa shape index (κ1) is 21.8. The topological polar surface area (TPSA) is 73.7 Å². The van der Waals surface area contributed by atoms with Gasteiger partial charge in [-0.3, -0.25) is 9.88 Å². The van der Waals surface area contributed by atoms with Gasteiger partial charge in [0.25, 0.3) is 0 Å². The number of rotatable bonds is 9. The number of allylic oxidation sites excluding steroid dienone is 1. The number of nitrogens with zero attached hydrogens (tertiary/aromatic N) is 3. The molecule has 30 heavy (non-hydrogen) atoms. The molecule has 160 valence electrons. The van der Waals surface area contributed by atoms with Gasteiger partial charge in [0.05, 0.1) is 19.4 Å². The number of pyridine rings is 1. The summed E-state index contributed by atoms with van der Waals surface area (Å²) in [4.78, 5) is 8.68. The first-order valence-corrected chi connectivity index (χ1v) is 10.2. The smallest absolute Gasteiger partial charge is 0.138 e.